The monoisotopic (exact) mass is 357 g/mol. The number of carbonyl (C=O) groups is 1. The second-order valence-electron chi connectivity index (χ2n) is 6.59. The van der Waals surface area contributed by atoms with Crippen LogP contribution in [0.5, 0.6) is 0 Å². The van der Waals surface area contributed by atoms with Crippen molar-refractivity contribution in [2.45, 2.75) is 13.3 Å². The van der Waals surface area contributed by atoms with Crippen LogP contribution in [-0.4, -0.2) is 36.4 Å². The average molecular weight is 357 g/mol. The summed E-state index contributed by atoms with van der Waals surface area (Å²) < 4.78 is 27.6. The smallest absolute Gasteiger partial charge is 0.261 e. The van der Waals surface area contributed by atoms with Gasteiger partial charge in [-0.3, -0.25) is 4.79 Å². The van der Waals surface area contributed by atoms with Crippen molar-refractivity contribution >= 4 is 22.5 Å². The topological polar surface area (TPSA) is 48.1 Å². The third kappa shape index (κ3) is 3.60. The summed E-state index contributed by atoms with van der Waals surface area (Å²) in [5.41, 5.74) is 3.12. The zero-order valence-corrected chi connectivity index (χ0v) is 15.0. The summed E-state index contributed by atoms with van der Waals surface area (Å²) in [5, 5.41) is 3.59. The van der Waals surface area contributed by atoms with E-state index in [0.29, 0.717) is 5.69 Å². The van der Waals surface area contributed by atoms with E-state index in [4.69, 9.17) is 0 Å². The SMILES string of the molecule is Cc1[nH]c2ccc(NC(=O)c3c(F)cccc3F)cc2c1CCN(C)C. The molecule has 0 aliphatic heterocycles. The van der Waals surface area contributed by atoms with Gasteiger partial charge < -0.3 is 15.2 Å². The van der Waals surface area contributed by atoms with Gasteiger partial charge in [-0.05, 0) is 63.3 Å². The minimum absolute atomic E-state index is 0.496. The van der Waals surface area contributed by atoms with Crippen LogP contribution in [0.25, 0.3) is 10.9 Å². The highest BCUT2D eigenvalue weighted by atomic mass is 19.1. The van der Waals surface area contributed by atoms with Crippen molar-refractivity contribution in [1.29, 1.82) is 0 Å². The quantitative estimate of drug-likeness (QED) is 0.722. The number of rotatable bonds is 5. The maximum atomic E-state index is 13.8. The lowest BCUT2D eigenvalue weighted by atomic mass is 10.1. The van der Waals surface area contributed by atoms with Crippen molar-refractivity contribution in [3.05, 3.63) is 64.9 Å². The highest BCUT2D eigenvalue weighted by molar-refractivity contribution is 6.05. The lowest BCUT2D eigenvalue weighted by molar-refractivity contribution is 0.101. The first-order valence-corrected chi connectivity index (χ1v) is 8.38. The number of H-pyrrole nitrogens is 1. The van der Waals surface area contributed by atoms with E-state index in [1.165, 1.54) is 11.6 Å². The van der Waals surface area contributed by atoms with Crippen LogP contribution in [0.3, 0.4) is 0 Å². The Bertz CT molecular complexity index is 943. The fraction of sp³-hybridized carbons (Fsp3) is 0.250. The average Bonchev–Trinajstić information content (AvgIpc) is 2.87. The number of fused-ring (bicyclic) bond motifs is 1. The Morgan fingerprint density at radius 1 is 1.15 bits per heavy atom. The van der Waals surface area contributed by atoms with Crippen LogP contribution in [0.15, 0.2) is 36.4 Å². The first-order valence-electron chi connectivity index (χ1n) is 8.38. The van der Waals surface area contributed by atoms with E-state index in [1.54, 1.807) is 6.07 Å². The van der Waals surface area contributed by atoms with E-state index >= 15 is 0 Å². The number of hydrogen-bond donors (Lipinski definition) is 2. The van der Waals surface area contributed by atoms with Gasteiger partial charge in [-0.1, -0.05) is 6.07 Å². The van der Waals surface area contributed by atoms with E-state index in [9.17, 15) is 13.6 Å². The van der Waals surface area contributed by atoms with Gasteiger partial charge in [-0.2, -0.15) is 0 Å². The number of carbonyl (C=O) groups excluding carboxylic acids is 1. The lowest BCUT2D eigenvalue weighted by Gasteiger charge is -2.10. The highest BCUT2D eigenvalue weighted by Gasteiger charge is 2.17. The van der Waals surface area contributed by atoms with Crippen molar-refractivity contribution in [1.82, 2.24) is 9.88 Å². The van der Waals surface area contributed by atoms with Gasteiger partial charge in [0.2, 0.25) is 0 Å². The Morgan fingerprint density at radius 3 is 2.50 bits per heavy atom. The molecule has 3 aromatic rings. The summed E-state index contributed by atoms with van der Waals surface area (Å²) >= 11 is 0. The molecule has 26 heavy (non-hydrogen) atoms. The molecular formula is C20H21F2N3O. The molecule has 2 N–H and O–H groups in total. The molecule has 0 spiro atoms. The third-order valence-corrected chi connectivity index (χ3v) is 4.38. The molecule has 0 bridgehead atoms. The number of halogens is 2. The Hall–Kier alpha value is -2.73. The van der Waals surface area contributed by atoms with Gasteiger partial charge in [-0.15, -0.1) is 0 Å². The van der Waals surface area contributed by atoms with Crippen molar-refractivity contribution in [2.24, 2.45) is 0 Å². The number of hydrogen-bond acceptors (Lipinski definition) is 2. The van der Waals surface area contributed by atoms with E-state index in [2.05, 4.69) is 15.2 Å². The minimum Gasteiger partial charge on any atom is -0.358 e. The maximum absolute atomic E-state index is 13.8. The van der Waals surface area contributed by atoms with Crippen LogP contribution < -0.4 is 5.32 Å². The summed E-state index contributed by atoms with van der Waals surface area (Å²) in [6.07, 6.45) is 0.859. The Balaban J connectivity index is 1.91. The van der Waals surface area contributed by atoms with Crippen LogP contribution in [0.1, 0.15) is 21.6 Å². The van der Waals surface area contributed by atoms with Gasteiger partial charge in [0.25, 0.3) is 5.91 Å². The second kappa shape index (κ2) is 7.25. The van der Waals surface area contributed by atoms with Gasteiger partial charge in [0.15, 0.2) is 0 Å². The zero-order chi connectivity index (χ0) is 18.8. The largest absolute Gasteiger partial charge is 0.358 e. The van der Waals surface area contributed by atoms with Crippen LogP contribution in [0, 0.1) is 18.6 Å². The third-order valence-electron chi connectivity index (χ3n) is 4.38. The van der Waals surface area contributed by atoms with Crippen LogP contribution in [0.2, 0.25) is 0 Å². The molecule has 0 fully saturated rings. The fourth-order valence-electron chi connectivity index (χ4n) is 3.03. The van der Waals surface area contributed by atoms with Crippen LogP contribution in [0.4, 0.5) is 14.5 Å². The number of aromatic nitrogens is 1. The first kappa shape index (κ1) is 18.1. The predicted molar refractivity (Wildman–Crippen MR) is 99.6 cm³/mol. The molecule has 4 nitrogen and oxygen atoms in total. The summed E-state index contributed by atoms with van der Waals surface area (Å²) in [6.45, 7) is 2.91. The minimum atomic E-state index is -0.882. The normalized spacial score (nSPS) is 11.3. The van der Waals surface area contributed by atoms with Crippen molar-refractivity contribution < 1.29 is 13.6 Å². The fourth-order valence-corrected chi connectivity index (χ4v) is 3.03. The number of anilines is 1. The number of nitrogens with one attached hydrogen (secondary N) is 2. The first-order chi connectivity index (χ1) is 12.4. The van der Waals surface area contributed by atoms with Crippen LogP contribution in [-0.2, 0) is 6.42 Å². The molecule has 3 rings (SSSR count). The molecule has 6 heteroatoms. The van der Waals surface area contributed by atoms with E-state index < -0.39 is 23.1 Å². The molecule has 1 amide bonds. The Morgan fingerprint density at radius 2 is 1.85 bits per heavy atom. The number of aryl methyl sites for hydroxylation is 1. The molecule has 0 aliphatic rings. The van der Waals surface area contributed by atoms with Crippen molar-refractivity contribution in [3.63, 3.8) is 0 Å². The lowest BCUT2D eigenvalue weighted by Crippen LogP contribution is -2.16. The van der Waals surface area contributed by atoms with Gasteiger partial charge in [-0.25, -0.2) is 8.78 Å². The molecule has 1 heterocycles. The van der Waals surface area contributed by atoms with E-state index in [-0.39, 0.29) is 0 Å². The summed E-state index contributed by atoms with van der Waals surface area (Å²) in [5.74, 6) is -2.57. The van der Waals surface area contributed by atoms with Gasteiger partial charge >= 0.3 is 0 Å². The van der Waals surface area contributed by atoms with Crippen LogP contribution >= 0.6 is 0 Å². The standard InChI is InChI=1S/C20H21F2N3O/c1-12-14(9-10-25(2)3)15-11-13(7-8-18(15)23-12)24-20(26)19-16(21)5-4-6-17(19)22/h4-8,11,23H,9-10H2,1-3H3,(H,24,26). The second-order valence-corrected chi connectivity index (χ2v) is 6.59. The molecule has 0 aliphatic carbocycles. The Labute approximate surface area is 150 Å². The molecule has 0 saturated carbocycles. The number of likely N-dealkylation sites (N-methyl/N-ethyl adjacent to an activating group) is 1. The highest BCUT2D eigenvalue weighted by Crippen LogP contribution is 2.26. The summed E-state index contributed by atoms with van der Waals surface area (Å²) in [6, 6.07) is 8.76. The number of benzene rings is 2. The van der Waals surface area contributed by atoms with E-state index in [1.807, 2.05) is 33.2 Å². The number of nitrogens with zero attached hydrogens (tertiary/aromatic N) is 1. The molecule has 0 atom stereocenters. The maximum Gasteiger partial charge on any atom is 0.261 e. The predicted octanol–water partition coefficient (Wildman–Crippen LogP) is 4.11. The Kier molecular flexibility index (Phi) is 5.04. The van der Waals surface area contributed by atoms with Crippen molar-refractivity contribution in [2.75, 3.05) is 26.0 Å². The summed E-state index contributed by atoms with van der Waals surface area (Å²) in [7, 11) is 4.03. The molecule has 0 radical (unpaired) electrons. The molecule has 0 saturated heterocycles. The molecule has 2 aromatic carbocycles. The zero-order valence-electron chi connectivity index (χ0n) is 15.0. The number of aromatic amines is 1. The molecule has 0 unspecified atom stereocenters. The summed E-state index contributed by atoms with van der Waals surface area (Å²) in [4.78, 5) is 17.7. The number of amides is 1. The van der Waals surface area contributed by atoms with Gasteiger partial charge in [0, 0.05) is 28.8 Å². The van der Waals surface area contributed by atoms with Gasteiger partial charge in [0.05, 0.1) is 0 Å². The molecule has 1 aromatic heterocycles. The van der Waals surface area contributed by atoms with Gasteiger partial charge in [0.1, 0.15) is 17.2 Å². The molecular weight excluding hydrogens is 336 g/mol. The van der Waals surface area contributed by atoms with Crippen molar-refractivity contribution in [3.8, 4) is 0 Å². The van der Waals surface area contributed by atoms with E-state index in [0.717, 1.165) is 41.7 Å². The molecule has 136 valence electrons.